The van der Waals surface area contributed by atoms with Crippen molar-refractivity contribution >= 4 is 15.9 Å². The number of hydrogen-bond acceptors (Lipinski definition) is 5. The Bertz CT molecular complexity index is 411. The van der Waals surface area contributed by atoms with E-state index < -0.39 is 16.1 Å². The fourth-order valence-corrected chi connectivity index (χ4v) is 4.14. The van der Waals surface area contributed by atoms with Gasteiger partial charge in [-0.3, -0.25) is 0 Å². The molecule has 3 saturated heterocycles. The number of hydrogen-bond donors (Lipinski definition) is 0. The summed E-state index contributed by atoms with van der Waals surface area (Å²) in [5.74, 6) is -1.21. The summed E-state index contributed by atoms with van der Waals surface area (Å²) in [6, 6.07) is 0. The number of fused-ring (bicyclic) bond motifs is 6. The lowest BCUT2D eigenvalue weighted by Gasteiger charge is -2.30. The van der Waals surface area contributed by atoms with Crippen LogP contribution in [0.4, 0.5) is 0 Å². The van der Waals surface area contributed by atoms with E-state index in [1.165, 1.54) is 0 Å². The first-order valence-corrected chi connectivity index (χ1v) is 7.09. The van der Waals surface area contributed by atoms with Crippen LogP contribution in [0.3, 0.4) is 0 Å². The number of alkyl halides is 1. The zero-order valence-corrected chi connectivity index (χ0v) is 12.4. The molecule has 6 atom stereocenters. The Kier molecular flexibility index (Phi) is 2.09. The Balaban J connectivity index is 1.71. The molecule has 1 saturated carbocycles. The van der Waals surface area contributed by atoms with Crippen LogP contribution in [0.2, 0.25) is 0 Å². The van der Waals surface area contributed by atoms with Crippen molar-refractivity contribution in [3.63, 3.8) is 0 Å². The second-order valence-corrected chi connectivity index (χ2v) is 7.56. The van der Waals surface area contributed by atoms with E-state index in [0.717, 1.165) is 0 Å². The summed E-state index contributed by atoms with van der Waals surface area (Å²) in [7, 11) is 0. The molecule has 0 aromatic heterocycles. The second kappa shape index (κ2) is 3.13. The molecule has 102 valence electrons. The topological polar surface area (TPSA) is 49.5 Å². The standard InChI is InChI=1S/C12H17BrO5/c1-10(2)14-5-6-8(17-11(3,4)16-6)12(13)9(18-12)7(5)15-10/h5-9H,1-4H3/t5-,6+,7-,8+,9+,12-/m1/s1. The Morgan fingerprint density at radius 1 is 0.667 bits per heavy atom. The molecule has 0 aromatic carbocycles. The number of rotatable bonds is 0. The van der Waals surface area contributed by atoms with E-state index in [2.05, 4.69) is 15.9 Å². The lowest BCUT2D eigenvalue weighted by atomic mass is 9.90. The third kappa shape index (κ3) is 1.45. The van der Waals surface area contributed by atoms with E-state index in [9.17, 15) is 0 Å². The van der Waals surface area contributed by atoms with Crippen LogP contribution in [0.15, 0.2) is 0 Å². The SMILES string of the molecule is CC1(C)O[C@H]2[C@@H](O1)[C@@H]1O[C@]1(Br)[C@H]1OC(C)(C)O[C@@H]21. The summed E-state index contributed by atoms with van der Waals surface area (Å²) in [4.78, 5) is 0. The maximum atomic E-state index is 5.99. The van der Waals surface area contributed by atoms with Gasteiger partial charge in [0.2, 0.25) is 0 Å². The van der Waals surface area contributed by atoms with Crippen LogP contribution < -0.4 is 0 Å². The molecule has 3 aliphatic heterocycles. The minimum atomic E-state index is -0.614. The van der Waals surface area contributed by atoms with Crippen LogP contribution in [0.25, 0.3) is 0 Å². The van der Waals surface area contributed by atoms with Crippen LogP contribution in [-0.2, 0) is 23.7 Å². The van der Waals surface area contributed by atoms with Crippen molar-refractivity contribution in [1.82, 2.24) is 0 Å². The first-order valence-electron chi connectivity index (χ1n) is 6.30. The van der Waals surface area contributed by atoms with Gasteiger partial charge >= 0.3 is 0 Å². The summed E-state index contributed by atoms with van der Waals surface area (Å²) in [5.41, 5.74) is 0. The van der Waals surface area contributed by atoms with Gasteiger partial charge in [0.15, 0.2) is 16.1 Å². The van der Waals surface area contributed by atoms with E-state index in [1.807, 2.05) is 27.7 Å². The largest absolute Gasteiger partial charge is 0.348 e. The monoisotopic (exact) mass is 320 g/mol. The maximum Gasteiger partial charge on any atom is 0.180 e. The van der Waals surface area contributed by atoms with Crippen molar-refractivity contribution in [3.05, 3.63) is 0 Å². The van der Waals surface area contributed by atoms with Crippen LogP contribution >= 0.6 is 15.9 Å². The number of halogens is 1. The molecule has 0 spiro atoms. The molecule has 4 rings (SSSR count). The fraction of sp³-hybridized carbons (Fsp3) is 1.00. The molecule has 0 amide bonds. The molecular formula is C12H17BrO5. The average Bonchev–Trinajstić information content (AvgIpc) is 2.62. The lowest BCUT2D eigenvalue weighted by Crippen LogP contribution is -2.54. The molecule has 5 nitrogen and oxygen atoms in total. The lowest BCUT2D eigenvalue weighted by molar-refractivity contribution is -0.175. The fourth-order valence-electron chi connectivity index (χ4n) is 3.32. The minimum absolute atomic E-state index is 0.0250. The van der Waals surface area contributed by atoms with Crippen molar-refractivity contribution in [2.24, 2.45) is 0 Å². The van der Waals surface area contributed by atoms with Crippen molar-refractivity contribution in [2.75, 3.05) is 0 Å². The van der Waals surface area contributed by atoms with Crippen molar-refractivity contribution in [1.29, 1.82) is 0 Å². The first kappa shape index (κ1) is 12.1. The van der Waals surface area contributed by atoms with Gasteiger partial charge in [0, 0.05) is 0 Å². The van der Waals surface area contributed by atoms with Gasteiger partial charge in [-0.05, 0) is 43.6 Å². The zero-order chi connectivity index (χ0) is 12.9. The van der Waals surface area contributed by atoms with Crippen molar-refractivity contribution < 1.29 is 23.7 Å². The van der Waals surface area contributed by atoms with Gasteiger partial charge in [-0.15, -0.1) is 0 Å². The molecule has 0 radical (unpaired) electrons. The Hall–Kier alpha value is 0.280. The van der Waals surface area contributed by atoms with Gasteiger partial charge in [0.1, 0.15) is 30.5 Å². The van der Waals surface area contributed by atoms with Crippen LogP contribution in [0, 0.1) is 0 Å². The third-order valence-corrected chi connectivity index (χ3v) is 5.03. The number of epoxide rings is 1. The highest BCUT2D eigenvalue weighted by molar-refractivity contribution is 9.10. The van der Waals surface area contributed by atoms with Crippen molar-refractivity contribution in [3.8, 4) is 0 Å². The van der Waals surface area contributed by atoms with E-state index in [4.69, 9.17) is 23.7 Å². The summed E-state index contributed by atoms with van der Waals surface area (Å²) < 4.78 is 29.2. The molecule has 3 heterocycles. The summed E-state index contributed by atoms with van der Waals surface area (Å²) >= 11 is 3.64. The van der Waals surface area contributed by atoms with E-state index >= 15 is 0 Å². The number of ether oxygens (including phenoxy) is 5. The molecule has 1 aliphatic carbocycles. The molecule has 0 N–H and O–H groups in total. The average molecular weight is 321 g/mol. The van der Waals surface area contributed by atoms with Gasteiger partial charge in [-0.2, -0.15) is 0 Å². The summed E-state index contributed by atoms with van der Waals surface area (Å²) in [5, 5.41) is 0. The van der Waals surface area contributed by atoms with E-state index in [0.29, 0.717) is 0 Å². The van der Waals surface area contributed by atoms with Crippen LogP contribution in [0.1, 0.15) is 27.7 Å². The summed E-state index contributed by atoms with van der Waals surface area (Å²) in [6.07, 6.45) is -0.577. The molecule has 4 fully saturated rings. The van der Waals surface area contributed by atoms with Gasteiger partial charge < -0.3 is 23.7 Å². The Labute approximate surface area is 114 Å². The van der Waals surface area contributed by atoms with Crippen LogP contribution in [-0.4, -0.2) is 46.6 Å². The smallest absolute Gasteiger partial charge is 0.180 e. The summed E-state index contributed by atoms with van der Waals surface area (Å²) in [6.45, 7) is 7.66. The van der Waals surface area contributed by atoms with Gasteiger partial charge in [-0.1, -0.05) is 0 Å². The normalized spacial score (nSPS) is 58.8. The third-order valence-electron chi connectivity index (χ3n) is 3.94. The van der Waals surface area contributed by atoms with Crippen LogP contribution in [0.5, 0.6) is 0 Å². The molecule has 0 bridgehead atoms. The second-order valence-electron chi connectivity index (χ2n) is 6.32. The Morgan fingerprint density at radius 3 is 1.72 bits per heavy atom. The maximum absolute atomic E-state index is 5.99. The highest BCUT2D eigenvalue weighted by atomic mass is 79.9. The van der Waals surface area contributed by atoms with Gasteiger partial charge in [-0.25, -0.2) is 0 Å². The highest BCUT2D eigenvalue weighted by Crippen LogP contribution is 2.60. The quantitative estimate of drug-likeness (QED) is 0.500. The molecule has 6 heteroatoms. The first-order chi connectivity index (χ1) is 8.22. The minimum Gasteiger partial charge on any atom is -0.348 e. The van der Waals surface area contributed by atoms with Crippen molar-refractivity contribution in [2.45, 2.75) is 74.3 Å². The molecule has 4 aliphatic rings. The van der Waals surface area contributed by atoms with E-state index in [1.54, 1.807) is 0 Å². The predicted molar refractivity (Wildman–Crippen MR) is 64.2 cm³/mol. The highest BCUT2D eigenvalue weighted by Gasteiger charge is 2.78. The van der Waals surface area contributed by atoms with E-state index in [-0.39, 0.29) is 30.5 Å². The molecule has 18 heavy (non-hydrogen) atoms. The van der Waals surface area contributed by atoms with Gasteiger partial charge in [0.25, 0.3) is 0 Å². The molecule has 0 aromatic rings. The molecular weight excluding hydrogens is 304 g/mol. The molecule has 0 unspecified atom stereocenters. The predicted octanol–water partition coefficient (Wildman–Crippen LogP) is 1.53. The Morgan fingerprint density at radius 2 is 1.11 bits per heavy atom. The van der Waals surface area contributed by atoms with Gasteiger partial charge in [0.05, 0.1) is 0 Å². The zero-order valence-electron chi connectivity index (χ0n) is 10.8.